The second-order valence-corrected chi connectivity index (χ2v) is 5.20. The predicted octanol–water partition coefficient (Wildman–Crippen LogP) is 2.05. The smallest absolute Gasteiger partial charge is 0.245 e. The topological polar surface area (TPSA) is 70.8 Å². The minimum absolute atomic E-state index is 0.304. The number of nitrogens with two attached hydrogens (primary N) is 1. The molecular formula is C13H16ClN5. The first-order chi connectivity index (χ1) is 9.24. The zero-order chi connectivity index (χ0) is 13.2. The van der Waals surface area contributed by atoms with Crippen LogP contribution in [-0.4, -0.2) is 34.3 Å². The molecule has 0 aliphatic carbocycles. The molecule has 2 heterocycles. The summed E-state index contributed by atoms with van der Waals surface area (Å²) in [4.78, 5) is 6.68. The van der Waals surface area contributed by atoms with Crippen LogP contribution in [0, 0.1) is 0 Å². The predicted molar refractivity (Wildman–Crippen MR) is 76.3 cm³/mol. The summed E-state index contributed by atoms with van der Waals surface area (Å²) in [5.41, 5.74) is 6.77. The fourth-order valence-electron chi connectivity index (χ4n) is 2.27. The number of halogens is 1. The third kappa shape index (κ3) is 2.57. The summed E-state index contributed by atoms with van der Waals surface area (Å²) in [5.74, 6) is 1.43. The second-order valence-electron chi connectivity index (χ2n) is 4.79. The Bertz CT molecular complexity index is 560. The average Bonchev–Trinajstić information content (AvgIpc) is 2.89. The van der Waals surface area contributed by atoms with Crippen molar-refractivity contribution in [3.63, 3.8) is 0 Å². The highest BCUT2D eigenvalue weighted by Gasteiger charge is 2.20. The number of rotatable bonds is 2. The van der Waals surface area contributed by atoms with Crippen molar-refractivity contribution in [2.24, 2.45) is 5.73 Å². The number of nitrogens with zero attached hydrogens (tertiary/aromatic N) is 3. The molecule has 1 aromatic heterocycles. The normalized spacial score (nSPS) is 16.8. The summed E-state index contributed by atoms with van der Waals surface area (Å²) >= 11 is 6.16. The van der Waals surface area contributed by atoms with Crippen molar-refractivity contribution in [1.82, 2.24) is 15.2 Å². The highest BCUT2D eigenvalue weighted by Crippen LogP contribution is 2.26. The van der Waals surface area contributed by atoms with E-state index in [0.717, 1.165) is 37.4 Å². The standard InChI is InChI=1S/C13H16ClN5/c14-11-4-2-1-3-10(11)12-16-13(18-17-12)19-7-5-9(15)6-8-19/h1-4,9H,5-8,15H2,(H,16,17,18). The van der Waals surface area contributed by atoms with Crippen molar-refractivity contribution in [2.75, 3.05) is 18.0 Å². The molecule has 5 nitrogen and oxygen atoms in total. The minimum atomic E-state index is 0.304. The van der Waals surface area contributed by atoms with Gasteiger partial charge in [0.25, 0.3) is 0 Å². The molecule has 3 N–H and O–H groups in total. The minimum Gasteiger partial charge on any atom is -0.339 e. The van der Waals surface area contributed by atoms with Gasteiger partial charge in [-0.1, -0.05) is 23.7 Å². The summed E-state index contributed by atoms with van der Waals surface area (Å²) in [7, 11) is 0. The van der Waals surface area contributed by atoms with Crippen LogP contribution >= 0.6 is 11.6 Å². The first-order valence-corrected chi connectivity index (χ1v) is 6.79. The van der Waals surface area contributed by atoms with E-state index in [-0.39, 0.29) is 0 Å². The molecular weight excluding hydrogens is 262 g/mol. The number of hydrogen-bond donors (Lipinski definition) is 2. The van der Waals surface area contributed by atoms with Gasteiger partial charge in [-0.05, 0) is 25.0 Å². The summed E-state index contributed by atoms with van der Waals surface area (Å²) < 4.78 is 0. The van der Waals surface area contributed by atoms with Gasteiger partial charge in [0.1, 0.15) is 0 Å². The maximum absolute atomic E-state index is 6.16. The lowest BCUT2D eigenvalue weighted by atomic mass is 10.1. The number of anilines is 1. The molecule has 1 aliphatic heterocycles. The van der Waals surface area contributed by atoms with Crippen molar-refractivity contribution in [1.29, 1.82) is 0 Å². The number of piperidine rings is 1. The van der Waals surface area contributed by atoms with Crippen LogP contribution in [0.3, 0.4) is 0 Å². The highest BCUT2D eigenvalue weighted by molar-refractivity contribution is 6.33. The summed E-state index contributed by atoms with van der Waals surface area (Å²) in [6.07, 6.45) is 1.96. The van der Waals surface area contributed by atoms with Crippen molar-refractivity contribution in [2.45, 2.75) is 18.9 Å². The molecule has 0 spiro atoms. The monoisotopic (exact) mass is 277 g/mol. The zero-order valence-corrected chi connectivity index (χ0v) is 11.3. The molecule has 0 saturated carbocycles. The lowest BCUT2D eigenvalue weighted by molar-refractivity contribution is 0.496. The number of benzene rings is 1. The molecule has 2 aromatic rings. The molecule has 0 bridgehead atoms. The van der Waals surface area contributed by atoms with Gasteiger partial charge in [0.15, 0.2) is 5.82 Å². The molecule has 1 saturated heterocycles. The summed E-state index contributed by atoms with van der Waals surface area (Å²) in [6, 6.07) is 7.91. The Balaban J connectivity index is 1.82. The van der Waals surface area contributed by atoms with Gasteiger partial charge < -0.3 is 10.6 Å². The van der Waals surface area contributed by atoms with Crippen molar-refractivity contribution in [3.05, 3.63) is 29.3 Å². The molecule has 0 amide bonds. The van der Waals surface area contributed by atoms with Gasteiger partial charge in [-0.3, -0.25) is 5.10 Å². The van der Waals surface area contributed by atoms with Gasteiger partial charge in [0, 0.05) is 24.7 Å². The largest absolute Gasteiger partial charge is 0.339 e. The molecule has 0 atom stereocenters. The van der Waals surface area contributed by atoms with Crippen LogP contribution in [-0.2, 0) is 0 Å². The molecule has 0 unspecified atom stereocenters. The number of hydrogen-bond acceptors (Lipinski definition) is 4. The van der Waals surface area contributed by atoms with Crippen molar-refractivity contribution >= 4 is 17.5 Å². The van der Waals surface area contributed by atoms with Gasteiger partial charge >= 0.3 is 0 Å². The maximum atomic E-state index is 6.16. The fourth-order valence-corrected chi connectivity index (χ4v) is 2.49. The van der Waals surface area contributed by atoms with Gasteiger partial charge in [0.05, 0.1) is 5.02 Å². The van der Waals surface area contributed by atoms with Gasteiger partial charge in [0.2, 0.25) is 5.95 Å². The van der Waals surface area contributed by atoms with Gasteiger partial charge in [-0.15, -0.1) is 5.10 Å². The van der Waals surface area contributed by atoms with E-state index in [1.165, 1.54) is 0 Å². The quantitative estimate of drug-likeness (QED) is 0.881. The van der Waals surface area contributed by atoms with Gasteiger partial charge in [-0.25, -0.2) is 0 Å². The van der Waals surface area contributed by atoms with Crippen LogP contribution in [0.2, 0.25) is 5.02 Å². The van der Waals surface area contributed by atoms with E-state index in [4.69, 9.17) is 17.3 Å². The van der Waals surface area contributed by atoms with Crippen LogP contribution in [0.4, 0.5) is 5.95 Å². The van der Waals surface area contributed by atoms with Crippen LogP contribution < -0.4 is 10.6 Å². The molecule has 0 radical (unpaired) electrons. The fraction of sp³-hybridized carbons (Fsp3) is 0.385. The first-order valence-electron chi connectivity index (χ1n) is 6.42. The van der Waals surface area contributed by atoms with Crippen LogP contribution in [0.25, 0.3) is 11.4 Å². The number of H-pyrrole nitrogens is 1. The Morgan fingerprint density at radius 2 is 2.00 bits per heavy atom. The van der Waals surface area contributed by atoms with Crippen LogP contribution in [0.5, 0.6) is 0 Å². The van der Waals surface area contributed by atoms with E-state index < -0.39 is 0 Å². The Morgan fingerprint density at radius 3 is 2.74 bits per heavy atom. The third-order valence-electron chi connectivity index (χ3n) is 3.43. The lowest BCUT2D eigenvalue weighted by Crippen LogP contribution is -2.40. The van der Waals surface area contributed by atoms with E-state index in [1.54, 1.807) is 0 Å². The Kier molecular flexibility index (Phi) is 3.40. The molecule has 1 aliphatic rings. The zero-order valence-electron chi connectivity index (χ0n) is 10.5. The van der Waals surface area contributed by atoms with Gasteiger partial charge in [-0.2, -0.15) is 4.98 Å². The Morgan fingerprint density at radius 1 is 1.26 bits per heavy atom. The Labute approximate surface area is 116 Å². The number of aromatic amines is 1. The molecule has 19 heavy (non-hydrogen) atoms. The number of aromatic nitrogens is 3. The molecule has 6 heteroatoms. The molecule has 1 aromatic carbocycles. The van der Waals surface area contributed by atoms with E-state index in [9.17, 15) is 0 Å². The van der Waals surface area contributed by atoms with Crippen LogP contribution in [0.1, 0.15) is 12.8 Å². The average molecular weight is 278 g/mol. The van der Waals surface area contributed by atoms with Crippen LogP contribution in [0.15, 0.2) is 24.3 Å². The van der Waals surface area contributed by atoms with E-state index in [2.05, 4.69) is 20.1 Å². The molecule has 3 rings (SSSR count). The van der Waals surface area contributed by atoms with Crippen molar-refractivity contribution in [3.8, 4) is 11.4 Å². The molecule has 1 fully saturated rings. The highest BCUT2D eigenvalue weighted by atomic mass is 35.5. The maximum Gasteiger partial charge on any atom is 0.245 e. The third-order valence-corrected chi connectivity index (χ3v) is 3.75. The Hall–Kier alpha value is -1.59. The van der Waals surface area contributed by atoms with E-state index >= 15 is 0 Å². The SMILES string of the molecule is NC1CCN(c2n[nH]c(-c3ccccc3Cl)n2)CC1. The molecule has 100 valence electrons. The van der Waals surface area contributed by atoms with Crippen molar-refractivity contribution < 1.29 is 0 Å². The summed E-state index contributed by atoms with van der Waals surface area (Å²) in [6.45, 7) is 1.81. The number of nitrogens with one attached hydrogen (secondary N) is 1. The van der Waals surface area contributed by atoms with E-state index in [1.807, 2.05) is 24.3 Å². The second kappa shape index (κ2) is 5.19. The first kappa shape index (κ1) is 12.4. The van der Waals surface area contributed by atoms with E-state index in [0.29, 0.717) is 16.9 Å². The summed E-state index contributed by atoms with van der Waals surface area (Å²) in [5, 5.41) is 7.90. The lowest BCUT2D eigenvalue weighted by Gasteiger charge is -2.28.